The van der Waals surface area contributed by atoms with E-state index >= 15 is 0 Å². The van der Waals surface area contributed by atoms with Gasteiger partial charge in [-0.15, -0.1) is 0 Å². The molecule has 8 heteroatoms. The van der Waals surface area contributed by atoms with Crippen molar-refractivity contribution in [1.82, 2.24) is 15.1 Å². The number of urea groups is 1. The molecule has 0 unspecified atom stereocenters. The van der Waals surface area contributed by atoms with E-state index in [2.05, 4.69) is 15.5 Å². The molecule has 0 aliphatic carbocycles. The third-order valence-corrected chi connectivity index (χ3v) is 4.77. The highest BCUT2D eigenvalue weighted by Gasteiger charge is 2.21. The van der Waals surface area contributed by atoms with E-state index in [1.807, 2.05) is 49.9 Å². The third-order valence-electron chi connectivity index (χ3n) is 4.77. The van der Waals surface area contributed by atoms with Gasteiger partial charge in [0.2, 0.25) is 11.8 Å². The van der Waals surface area contributed by atoms with Gasteiger partial charge in [0.1, 0.15) is 0 Å². The third kappa shape index (κ3) is 6.96. The maximum Gasteiger partial charge on any atom is 0.317 e. The second kappa shape index (κ2) is 10.7. The van der Waals surface area contributed by atoms with E-state index in [0.717, 1.165) is 25.2 Å². The largest absolute Gasteiger partial charge is 0.368 e. The first-order valence-electron chi connectivity index (χ1n) is 10.3. The fourth-order valence-electron chi connectivity index (χ4n) is 3.25. The highest BCUT2D eigenvalue weighted by atomic mass is 16.2. The van der Waals surface area contributed by atoms with Gasteiger partial charge in [-0.25, -0.2) is 4.79 Å². The molecule has 8 nitrogen and oxygen atoms in total. The summed E-state index contributed by atoms with van der Waals surface area (Å²) < 4.78 is 0. The van der Waals surface area contributed by atoms with Gasteiger partial charge in [-0.3, -0.25) is 9.59 Å². The SMILES string of the molecule is CCCN(CC(=O)Nc1ccc(N2CCN(C(=O)NC(C)C)CC2)cc1)C(C)=O. The Labute approximate surface area is 173 Å². The Morgan fingerprint density at radius 1 is 1.07 bits per heavy atom. The van der Waals surface area contributed by atoms with Crippen molar-refractivity contribution >= 4 is 29.2 Å². The van der Waals surface area contributed by atoms with Crippen LogP contribution in [0.4, 0.5) is 16.2 Å². The van der Waals surface area contributed by atoms with Crippen LogP contribution in [0.25, 0.3) is 0 Å². The summed E-state index contributed by atoms with van der Waals surface area (Å²) in [5, 5.41) is 5.77. The zero-order valence-corrected chi connectivity index (χ0v) is 17.9. The number of nitrogens with one attached hydrogen (secondary N) is 2. The molecule has 1 saturated heterocycles. The van der Waals surface area contributed by atoms with Crippen molar-refractivity contribution in [3.8, 4) is 0 Å². The predicted molar refractivity (Wildman–Crippen MR) is 115 cm³/mol. The van der Waals surface area contributed by atoms with Crippen LogP contribution in [-0.4, -0.2) is 73.0 Å². The summed E-state index contributed by atoms with van der Waals surface area (Å²) in [6.07, 6.45) is 0.813. The van der Waals surface area contributed by atoms with Crippen LogP contribution in [0.1, 0.15) is 34.1 Å². The zero-order chi connectivity index (χ0) is 21.4. The fourth-order valence-corrected chi connectivity index (χ4v) is 3.25. The maximum absolute atomic E-state index is 12.2. The summed E-state index contributed by atoms with van der Waals surface area (Å²) >= 11 is 0. The first kappa shape index (κ1) is 22.5. The molecule has 29 heavy (non-hydrogen) atoms. The second-order valence-corrected chi connectivity index (χ2v) is 7.61. The van der Waals surface area contributed by atoms with Gasteiger partial charge < -0.3 is 25.3 Å². The fraction of sp³-hybridized carbons (Fsp3) is 0.571. The molecule has 0 aromatic heterocycles. The predicted octanol–water partition coefficient (Wildman–Crippen LogP) is 2.12. The van der Waals surface area contributed by atoms with E-state index < -0.39 is 0 Å². The molecule has 1 aliphatic heterocycles. The summed E-state index contributed by atoms with van der Waals surface area (Å²) in [6, 6.07) is 7.78. The average molecular weight is 404 g/mol. The molecule has 0 bridgehead atoms. The number of hydrogen-bond acceptors (Lipinski definition) is 4. The molecule has 0 saturated carbocycles. The Hall–Kier alpha value is -2.77. The molecule has 160 valence electrons. The van der Waals surface area contributed by atoms with Crippen molar-refractivity contribution in [3.05, 3.63) is 24.3 Å². The van der Waals surface area contributed by atoms with Crippen molar-refractivity contribution < 1.29 is 14.4 Å². The molecule has 0 radical (unpaired) electrons. The zero-order valence-electron chi connectivity index (χ0n) is 17.9. The molecular formula is C21H33N5O3. The van der Waals surface area contributed by atoms with E-state index in [4.69, 9.17) is 0 Å². The molecular weight excluding hydrogens is 370 g/mol. The summed E-state index contributed by atoms with van der Waals surface area (Å²) in [5.74, 6) is -0.301. The normalized spacial score (nSPS) is 14.0. The number of anilines is 2. The first-order valence-corrected chi connectivity index (χ1v) is 10.3. The Morgan fingerprint density at radius 2 is 1.69 bits per heavy atom. The van der Waals surface area contributed by atoms with E-state index in [1.54, 1.807) is 4.90 Å². The number of piperazine rings is 1. The minimum Gasteiger partial charge on any atom is -0.368 e. The van der Waals surface area contributed by atoms with E-state index in [1.165, 1.54) is 6.92 Å². The van der Waals surface area contributed by atoms with Gasteiger partial charge in [-0.2, -0.15) is 0 Å². The first-order chi connectivity index (χ1) is 13.8. The lowest BCUT2D eigenvalue weighted by atomic mass is 10.2. The number of nitrogens with zero attached hydrogens (tertiary/aromatic N) is 3. The Balaban J connectivity index is 1.85. The molecule has 1 aromatic rings. The van der Waals surface area contributed by atoms with Gasteiger partial charge in [-0.05, 0) is 44.5 Å². The average Bonchev–Trinajstić information content (AvgIpc) is 2.67. The molecule has 0 atom stereocenters. The number of carbonyl (C=O) groups excluding carboxylic acids is 3. The van der Waals surface area contributed by atoms with E-state index in [0.29, 0.717) is 25.3 Å². The maximum atomic E-state index is 12.2. The lowest BCUT2D eigenvalue weighted by Crippen LogP contribution is -2.52. The molecule has 4 amide bonds. The van der Waals surface area contributed by atoms with Crippen molar-refractivity contribution in [1.29, 1.82) is 0 Å². The summed E-state index contributed by atoms with van der Waals surface area (Å²) in [6.45, 7) is 10.9. The van der Waals surface area contributed by atoms with Crippen LogP contribution in [0.5, 0.6) is 0 Å². The lowest BCUT2D eigenvalue weighted by molar-refractivity contribution is -0.132. The van der Waals surface area contributed by atoms with Gasteiger partial charge >= 0.3 is 6.03 Å². The summed E-state index contributed by atoms with van der Waals surface area (Å²) in [7, 11) is 0. The van der Waals surface area contributed by atoms with E-state index in [-0.39, 0.29) is 30.4 Å². The molecule has 1 fully saturated rings. The Morgan fingerprint density at radius 3 is 2.21 bits per heavy atom. The Kier molecular flexibility index (Phi) is 8.30. The quantitative estimate of drug-likeness (QED) is 0.730. The van der Waals surface area contributed by atoms with Gasteiger partial charge in [0.15, 0.2) is 0 Å². The molecule has 2 N–H and O–H groups in total. The molecule has 0 spiro atoms. The number of rotatable bonds is 7. The second-order valence-electron chi connectivity index (χ2n) is 7.61. The van der Waals surface area contributed by atoms with Crippen LogP contribution in [-0.2, 0) is 9.59 Å². The van der Waals surface area contributed by atoms with Gasteiger partial charge in [-0.1, -0.05) is 6.92 Å². The number of benzene rings is 1. The topological polar surface area (TPSA) is 85.0 Å². The highest BCUT2D eigenvalue weighted by Crippen LogP contribution is 2.19. The highest BCUT2D eigenvalue weighted by molar-refractivity contribution is 5.94. The van der Waals surface area contributed by atoms with Crippen LogP contribution in [0.2, 0.25) is 0 Å². The van der Waals surface area contributed by atoms with Crippen molar-refractivity contribution in [3.63, 3.8) is 0 Å². The van der Waals surface area contributed by atoms with Gasteiger partial charge in [0, 0.05) is 57.1 Å². The van der Waals surface area contributed by atoms with Crippen molar-refractivity contribution in [2.45, 2.75) is 40.2 Å². The van der Waals surface area contributed by atoms with Crippen LogP contribution in [0.15, 0.2) is 24.3 Å². The molecule has 1 aliphatic rings. The standard InChI is InChI=1S/C21H33N5O3/c1-5-10-26(17(4)27)15-20(28)23-18-6-8-19(9-7-18)24-11-13-25(14-12-24)21(29)22-16(2)3/h6-9,16H,5,10-15H2,1-4H3,(H,22,29)(H,23,28). The van der Waals surface area contributed by atoms with Crippen LogP contribution in [0, 0.1) is 0 Å². The van der Waals surface area contributed by atoms with Crippen molar-refractivity contribution in [2.75, 3.05) is 49.5 Å². The van der Waals surface area contributed by atoms with Crippen LogP contribution < -0.4 is 15.5 Å². The van der Waals surface area contributed by atoms with Crippen LogP contribution in [0.3, 0.4) is 0 Å². The Bertz CT molecular complexity index is 697. The summed E-state index contributed by atoms with van der Waals surface area (Å²) in [5.41, 5.74) is 1.76. The van der Waals surface area contributed by atoms with E-state index in [9.17, 15) is 14.4 Å². The molecule has 1 heterocycles. The minimum absolute atomic E-state index is 0.0135. The summed E-state index contributed by atoms with van der Waals surface area (Å²) in [4.78, 5) is 41.5. The van der Waals surface area contributed by atoms with Gasteiger partial charge in [0.25, 0.3) is 0 Å². The smallest absolute Gasteiger partial charge is 0.317 e. The number of hydrogen-bond donors (Lipinski definition) is 2. The van der Waals surface area contributed by atoms with Crippen molar-refractivity contribution in [2.24, 2.45) is 0 Å². The number of carbonyl (C=O) groups is 3. The monoisotopic (exact) mass is 403 g/mol. The lowest BCUT2D eigenvalue weighted by Gasteiger charge is -2.36. The van der Waals surface area contributed by atoms with Gasteiger partial charge in [0.05, 0.1) is 6.54 Å². The minimum atomic E-state index is -0.203. The molecule has 2 rings (SSSR count). The van der Waals surface area contributed by atoms with Crippen LogP contribution >= 0.6 is 0 Å². The number of amides is 4. The molecule has 1 aromatic carbocycles.